The average molecular weight is 263 g/mol. The van der Waals surface area contributed by atoms with Gasteiger partial charge in [0.15, 0.2) is 0 Å². The van der Waals surface area contributed by atoms with E-state index in [2.05, 4.69) is 24.4 Å². The Bertz CT molecular complexity index is 406. The molecule has 0 saturated carbocycles. The molecule has 0 radical (unpaired) electrons. The van der Waals surface area contributed by atoms with Gasteiger partial charge in [-0.05, 0) is 48.9 Å². The first-order valence-electron chi connectivity index (χ1n) is 7.32. The van der Waals surface area contributed by atoms with Gasteiger partial charge in [-0.2, -0.15) is 0 Å². The van der Waals surface area contributed by atoms with Crippen molar-refractivity contribution in [3.63, 3.8) is 0 Å². The van der Waals surface area contributed by atoms with Crippen molar-refractivity contribution in [2.75, 3.05) is 13.7 Å². The minimum Gasteiger partial charge on any atom is -0.497 e. The molecule has 0 bridgehead atoms. The Labute approximate surface area is 116 Å². The molecule has 1 aliphatic rings. The molecule has 0 fully saturated rings. The quantitative estimate of drug-likeness (QED) is 0.829. The van der Waals surface area contributed by atoms with E-state index in [0.29, 0.717) is 12.6 Å². The van der Waals surface area contributed by atoms with Crippen LogP contribution in [0, 0.1) is 0 Å². The summed E-state index contributed by atoms with van der Waals surface area (Å²) < 4.78 is 5.32. The third kappa shape index (κ3) is 3.71. The van der Waals surface area contributed by atoms with Crippen LogP contribution in [-0.2, 0) is 6.42 Å². The zero-order valence-electron chi connectivity index (χ0n) is 12.0. The van der Waals surface area contributed by atoms with Gasteiger partial charge in [-0.25, -0.2) is 0 Å². The maximum atomic E-state index is 9.84. The second-order valence-electron chi connectivity index (χ2n) is 5.36. The fourth-order valence-corrected chi connectivity index (χ4v) is 2.83. The van der Waals surface area contributed by atoms with Gasteiger partial charge in [0.25, 0.3) is 0 Å². The second-order valence-corrected chi connectivity index (χ2v) is 5.36. The van der Waals surface area contributed by atoms with Gasteiger partial charge in [0.2, 0.25) is 0 Å². The largest absolute Gasteiger partial charge is 0.497 e. The number of methoxy groups -OCH3 is 1. The van der Waals surface area contributed by atoms with Crippen LogP contribution in [0.4, 0.5) is 0 Å². The van der Waals surface area contributed by atoms with E-state index in [4.69, 9.17) is 4.74 Å². The van der Waals surface area contributed by atoms with E-state index >= 15 is 0 Å². The highest BCUT2D eigenvalue weighted by atomic mass is 16.5. The molecule has 1 aliphatic carbocycles. The molecule has 0 spiro atoms. The van der Waals surface area contributed by atoms with Crippen LogP contribution < -0.4 is 10.1 Å². The molecule has 19 heavy (non-hydrogen) atoms. The third-order valence-corrected chi connectivity index (χ3v) is 3.89. The molecule has 3 heteroatoms. The first-order chi connectivity index (χ1) is 9.24. The van der Waals surface area contributed by atoms with Crippen LogP contribution in [0.1, 0.15) is 49.8 Å². The zero-order valence-corrected chi connectivity index (χ0v) is 12.0. The highest BCUT2D eigenvalue weighted by Crippen LogP contribution is 2.32. The molecule has 0 saturated heterocycles. The van der Waals surface area contributed by atoms with Crippen LogP contribution in [0.2, 0.25) is 0 Å². The summed E-state index contributed by atoms with van der Waals surface area (Å²) in [5, 5.41) is 13.3. The lowest BCUT2D eigenvalue weighted by Gasteiger charge is -2.28. The molecule has 1 aromatic carbocycles. The average Bonchev–Trinajstić information content (AvgIpc) is 2.44. The second kappa shape index (κ2) is 6.92. The van der Waals surface area contributed by atoms with Crippen molar-refractivity contribution in [1.29, 1.82) is 0 Å². The maximum Gasteiger partial charge on any atom is 0.119 e. The number of aryl methyl sites for hydroxylation is 1. The predicted molar refractivity (Wildman–Crippen MR) is 77.6 cm³/mol. The summed E-state index contributed by atoms with van der Waals surface area (Å²) in [6.45, 7) is 2.78. The first kappa shape index (κ1) is 14.4. The molecule has 0 heterocycles. The molecule has 2 rings (SSSR count). The normalized spacial score (nSPS) is 19.8. The lowest BCUT2D eigenvalue weighted by molar-refractivity contribution is 0.155. The molecule has 0 amide bonds. The summed E-state index contributed by atoms with van der Waals surface area (Å²) in [5.74, 6) is 0.918. The van der Waals surface area contributed by atoms with Crippen LogP contribution in [0.25, 0.3) is 0 Å². The van der Waals surface area contributed by atoms with Crippen LogP contribution >= 0.6 is 0 Å². The Hall–Kier alpha value is -1.06. The fraction of sp³-hybridized carbons (Fsp3) is 0.625. The molecular weight excluding hydrogens is 238 g/mol. The molecule has 2 atom stereocenters. The van der Waals surface area contributed by atoms with E-state index in [9.17, 15) is 5.11 Å². The number of aliphatic hydroxyl groups excluding tert-OH is 1. The van der Waals surface area contributed by atoms with E-state index in [1.807, 2.05) is 6.07 Å². The Kier molecular flexibility index (Phi) is 5.23. The Morgan fingerprint density at radius 3 is 3.05 bits per heavy atom. The minimum atomic E-state index is -0.235. The predicted octanol–water partition coefficient (Wildman–Crippen LogP) is 2.82. The topological polar surface area (TPSA) is 41.5 Å². The number of rotatable bonds is 6. The third-order valence-electron chi connectivity index (χ3n) is 3.89. The lowest BCUT2D eigenvalue weighted by Crippen LogP contribution is -2.32. The lowest BCUT2D eigenvalue weighted by atomic mass is 9.87. The van der Waals surface area contributed by atoms with E-state index in [-0.39, 0.29) is 6.10 Å². The van der Waals surface area contributed by atoms with Gasteiger partial charge < -0.3 is 15.2 Å². The molecule has 106 valence electrons. The Morgan fingerprint density at radius 1 is 1.47 bits per heavy atom. The van der Waals surface area contributed by atoms with Crippen LogP contribution in [0.5, 0.6) is 5.75 Å². The van der Waals surface area contributed by atoms with E-state index < -0.39 is 0 Å². The van der Waals surface area contributed by atoms with Crippen molar-refractivity contribution in [3.05, 3.63) is 29.3 Å². The van der Waals surface area contributed by atoms with Gasteiger partial charge in [-0.1, -0.05) is 19.4 Å². The number of hydrogen-bond donors (Lipinski definition) is 2. The molecule has 2 N–H and O–H groups in total. The van der Waals surface area contributed by atoms with Crippen LogP contribution in [0.3, 0.4) is 0 Å². The summed E-state index contributed by atoms with van der Waals surface area (Å²) in [6, 6.07) is 6.70. The van der Waals surface area contributed by atoms with Gasteiger partial charge in [0.05, 0.1) is 13.2 Å². The monoisotopic (exact) mass is 263 g/mol. The molecule has 1 aromatic rings. The Morgan fingerprint density at radius 2 is 2.32 bits per heavy atom. The van der Waals surface area contributed by atoms with Crippen molar-refractivity contribution in [1.82, 2.24) is 5.32 Å². The van der Waals surface area contributed by atoms with Gasteiger partial charge in [0.1, 0.15) is 5.75 Å². The fourth-order valence-electron chi connectivity index (χ4n) is 2.83. The van der Waals surface area contributed by atoms with Gasteiger partial charge in [0, 0.05) is 12.6 Å². The molecule has 3 nitrogen and oxygen atoms in total. The standard InChI is InChI=1S/C16H25NO2/c1-3-5-13(18)11-17-16-7-4-6-12-8-9-14(19-2)10-15(12)16/h8-10,13,16-18H,3-7,11H2,1-2H3. The summed E-state index contributed by atoms with van der Waals surface area (Å²) in [5.41, 5.74) is 2.75. The van der Waals surface area contributed by atoms with Crippen molar-refractivity contribution in [2.24, 2.45) is 0 Å². The van der Waals surface area contributed by atoms with Crippen LogP contribution in [0.15, 0.2) is 18.2 Å². The van der Waals surface area contributed by atoms with E-state index in [1.165, 1.54) is 17.5 Å². The summed E-state index contributed by atoms with van der Waals surface area (Å²) in [7, 11) is 1.71. The molecule has 0 aliphatic heterocycles. The van der Waals surface area contributed by atoms with Crippen molar-refractivity contribution in [3.8, 4) is 5.75 Å². The maximum absolute atomic E-state index is 9.84. The number of benzene rings is 1. The zero-order chi connectivity index (χ0) is 13.7. The highest BCUT2D eigenvalue weighted by molar-refractivity contribution is 5.39. The number of aliphatic hydroxyl groups is 1. The number of fused-ring (bicyclic) bond motifs is 1. The van der Waals surface area contributed by atoms with E-state index in [1.54, 1.807) is 7.11 Å². The minimum absolute atomic E-state index is 0.235. The van der Waals surface area contributed by atoms with Crippen LogP contribution in [-0.4, -0.2) is 24.9 Å². The molecule has 0 aromatic heterocycles. The van der Waals surface area contributed by atoms with Crippen molar-refractivity contribution >= 4 is 0 Å². The number of ether oxygens (including phenoxy) is 1. The smallest absolute Gasteiger partial charge is 0.119 e. The molecular formula is C16H25NO2. The summed E-state index contributed by atoms with van der Waals surface area (Å²) >= 11 is 0. The molecule has 2 unspecified atom stereocenters. The summed E-state index contributed by atoms with van der Waals surface area (Å²) in [4.78, 5) is 0. The van der Waals surface area contributed by atoms with Gasteiger partial charge in [-0.3, -0.25) is 0 Å². The van der Waals surface area contributed by atoms with Crippen molar-refractivity contribution < 1.29 is 9.84 Å². The number of nitrogens with one attached hydrogen (secondary N) is 1. The summed E-state index contributed by atoms with van der Waals surface area (Å²) in [6.07, 6.45) is 5.15. The number of hydrogen-bond acceptors (Lipinski definition) is 3. The van der Waals surface area contributed by atoms with Crippen molar-refractivity contribution in [2.45, 2.75) is 51.2 Å². The highest BCUT2D eigenvalue weighted by Gasteiger charge is 2.21. The first-order valence-corrected chi connectivity index (χ1v) is 7.32. The SMILES string of the molecule is CCCC(O)CNC1CCCc2ccc(OC)cc21. The van der Waals surface area contributed by atoms with Gasteiger partial charge in [-0.15, -0.1) is 0 Å². The van der Waals surface area contributed by atoms with Gasteiger partial charge >= 0.3 is 0 Å². The Balaban J connectivity index is 2.04. The van der Waals surface area contributed by atoms with E-state index in [0.717, 1.165) is 31.4 Å².